The minimum Gasteiger partial charge on any atom is -0.494 e. The van der Waals surface area contributed by atoms with E-state index in [4.69, 9.17) is 4.74 Å². The molecule has 172 valence electrons. The number of anilines is 1. The van der Waals surface area contributed by atoms with Crippen molar-refractivity contribution in [2.45, 2.75) is 13.3 Å². The zero-order valence-electron chi connectivity index (χ0n) is 18.2. The normalized spacial score (nSPS) is 15.0. The van der Waals surface area contributed by atoms with Crippen LogP contribution in [0, 0.1) is 5.82 Å². The number of ether oxygens (including phenoxy) is 1. The van der Waals surface area contributed by atoms with E-state index in [-0.39, 0.29) is 17.8 Å². The Kier molecular flexibility index (Phi) is 6.88. The molecule has 1 fully saturated rings. The molecule has 3 aromatic rings. The molecule has 0 aromatic heterocycles. The minimum absolute atomic E-state index is 0.195. The Morgan fingerprint density at radius 3 is 2.44 bits per heavy atom. The maximum atomic E-state index is 14.2. The second-order valence-corrected chi connectivity index (χ2v) is 8.33. The first kappa shape index (κ1) is 23.4. The summed E-state index contributed by atoms with van der Waals surface area (Å²) in [5.74, 6) is -1.35. The maximum absolute atomic E-state index is 14.2. The Morgan fingerprint density at radius 2 is 1.74 bits per heavy atom. The van der Waals surface area contributed by atoms with Gasteiger partial charge in [0.25, 0.3) is 11.8 Å². The van der Waals surface area contributed by atoms with Crippen molar-refractivity contribution in [2.75, 3.05) is 11.5 Å². The molecule has 4 rings (SSSR count). The number of barbiturate groups is 1. The molecule has 6 nitrogen and oxygen atoms in total. The molecule has 4 amide bonds. The van der Waals surface area contributed by atoms with Crippen LogP contribution in [0.15, 0.2) is 76.8 Å². The fourth-order valence-corrected chi connectivity index (χ4v) is 4.24. The highest BCUT2D eigenvalue weighted by Crippen LogP contribution is 2.33. The number of amides is 4. The molecule has 8 heteroatoms. The van der Waals surface area contributed by atoms with Gasteiger partial charge in [0, 0.05) is 16.5 Å². The SMILES string of the molecule is CCOc1cc(/C=C2\C(=O)NC(=O)N(c3ccccc3)C2=O)cc(Br)c1Cc1ccccc1F. The molecular weight excluding hydrogens is 503 g/mol. The smallest absolute Gasteiger partial charge is 0.335 e. The second-order valence-electron chi connectivity index (χ2n) is 7.47. The number of para-hydroxylation sites is 1. The number of rotatable bonds is 6. The summed E-state index contributed by atoms with van der Waals surface area (Å²) in [5.41, 5.74) is 1.90. The van der Waals surface area contributed by atoms with Gasteiger partial charge in [0.1, 0.15) is 17.1 Å². The van der Waals surface area contributed by atoms with Gasteiger partial charge in [-0.25, -0.2) is 14.1 Å². The lowest BCUT2D eigenvalue weighted by atomic mass is 10.00. The molecule has 1 heterocycles. The molecule has 1 aliphatic rings. The van der Waals surface area contributed by atoms with Crippen LogP contribution in [-0.2, 0) is 16.0 Å². The topological polar surface area (TPSA) is 75.7 Å². The molecular formula is C26H20BrFN2O4. The Morgan fingerprint density at radius 1 is 1.03 bits per heavy atom. The zero-order valence-corrected chi connectivity index (χ0v) is 19.8. The molecule has 0 bridgehead atoms. The van der Waals surface area contributed by atoms with Gasteiger partial charge in [-0.3, -0.25) is 14.9 Å². The molecule has 3 aromatic carbocycles. The van der Waals surface area contributed by atoms with Crippen molar-refractivity contribution in [3.63, 3.8) is 0 Å². The Labute approximate surface area is 204 Å². The number of imide groups is 2. The Bertz CT molecular complexity index is 1310. The van der Waals surface area contributed by atoms with Gasteiger partial charge in [-0.2, -0.15) is 0 Å². The fourth-order valence-electron chi connectivity index (χ4n) is 3.64. The van der Waals surface area contributed by atoms with E-state index in [1.165, 1.54) is 12.1 Å². The number of hydrogen-bond donors (Lipinski definition) is 1. The van der Waals surface area contributed by atoms with Gasteiger partial charge in [0.2, 0.25) is 0 Å². The Hall–Kier alpha value is -3.78. The second kappa shape index (κ2) is 10.0. The highest BCUT2D eigenvalue weighted by molar-refractivity contribution is 9.10. The highest BCUT2D eigenvalue weighted by atomic mass is 79.9. The van der Waals surface area contributed by atoms with Crippen LogP contribution < -0.4 is 15.0 Å². The summed E-state index contributed by atoms with van der Waals surface area (Å²) < 4.78 is 20.6. The number of carbonyl (C=O) groups excluding carboxylic acids is 3. The number of nitrogens with zero attached hydrogens (tertiary/aromatic N) is 1. The predicted molar refractivity (Wildman–Crippen MR) is 130 cm³/mol. The quantitative estimate of drug-likeness (QED) is 0.354. The van der Waals surface area contributed by atoms with Crippen molar-refractivity contribution in [3.05, 3.63) is 99.3 Å². The van der Waals surface area contributed by atoms with Crippen LogP contribution in [0.2, 0.25) is 0 Å². The summed E-state index contributed by atoms with van der Waals surface area (Å²) >= 11 is 3.52. The first-order valence-corrected chi connectivity index (χ1v) is 11.3. The molecule has 0 saturated carbocycles. The Balaban J connectivity index is 1.73. The van der Waals surface area contributed by atoms with Crippen LogP contribution in [0.4, 0.5) is 14.9 Å². The van der Waals surface area contributed by atoms with E-state index in [2.05, 4.69) is 21.2 Å². The van der Waals surface area contributed by atoms with E-state index >= 15 is 0 Å². The van der Waals surface area contributed by atoms with Crippen molar-refractivity contribution >= 4 is 45.5 Å². The lowest BCUT2D eigenvalue weighted by Crippen LogP contribution is -2.54. The first-order valence-electron chi connectivity index (χ1n) is 10.5. The van der Waals surface area contributed by atoms with Crippen molar-refractivity contribution in [1.82, 2.24) is 5.32 Å². The van der Waals surface area contributed by atoms with E-state index in [1.54, 1.807) is 60.7 Å². The molecule has 0 radical (unpaired) electrons. The summed E-state index contributed by atoms with van der Waals surface area (Å²) in [4.78, 5) is 38.8. The molecule has 1 aliphatic heterocycles. The summed E-state index contributed by atoms with van der Waals surface area (Å²) in [6.45, 7) is 2.19. The summed E-state index contributed by atoms with van der Waals surface area (Å²) in [6.07, 6.45) is 1.69. The standard InChI is InChI=1S/C26H20BrFN2O4/c1-2-34-23-14-16(13-21(27)19(23)15-17-8-6-7-11-22(17)28)12-20-24(31)29-26(33)30(25(20)32)18-9-4-3-5-10-18/h3-14H,2,15H2,1H3,(H,29,31,33)/b20-12+. The molecule has 1 saturated heterocycles. The van der Waals surface area contributed by atoms with Crippen molar-refractivity contribution in [3.8, 4) is 5.75 Å². The van der Waals surface area contributed by atoms with E-state index in [1.807, 2.05) is 6.92 Å². The lowest BCUT2D eigenvalue weighted by molar-refractivity contribution is -0.122. The van der Waals surface area contributed by atoms with Gasteiger partial charge >= 0.3 is 6.03 Å². The van der Waals surface area contributed by atoms with Gasteiger partial charge in [-0.05, 0) is 54.5 Å². The van der Waals surface area contributed by atoms with Crippen LogP contribution in [0.25, 0.3) is 6.08 Å². The van der Waals surface area contributed by atoms with Crippen molar-refractivity contribution in [1.29, 1.82) is 0 Å². The van der Waals surface area contributed by atoms with Crippen LogP contribution in [0.5, 0.6) is 5.75 Å². The average molecular weight is 523 g/mol. The van der Waals surface area contributed by atoms with Crippen LogP contribution in [-0.4, -0.2) is 24.5 Å². The van der Waals surface area contributed by atoms with Crippen LogP contribution in [0.3, 0.4) is 0 Å². The molecule has 0 aliphatic carbocycles. The summed E-state index contributed by atoms with van der Waals surface area (Å²) in [6, 6.07) is 17.4. The van der Waals surface area contributed by atoms with Gasteiger partial charge in [-0.15, -0.1) is 0 Å². The number of benzene rings is 3. The zero-order chi connectivity index (χ0) is 24.2. The van der Waals surface area contributed by atoms with E-state index < -0.39 is 17.8 Å². The lowest BCUT2D eigenvalue weighted by Gasteiger charge is -2.26. The number of hydrogen-bond acceptors (Lipinski definition) is 4. The van der Waals surface area contributed by atoms with Crippen molar-refractivity contribution in [2.24, 2.45) is 0 Å². The molecule has 0 unspecified atom stereocenters. The first-order chi connectivity index (χ1) is 16.4. The molecule has 1 N–H and O–H groups in total. The molecule has 34 heavy (non-hydrogen) atoms. The van der Waals surface area contributed by atoms with Crippen LogP contribution >= 0.6 is 15.9 Å². The molecule has 0 spiro atoms. The monoisotopic (exact) mass is 522 g/mol. The third kappa shape index (κ3) is 4.77. The van der Waals surface area contributed by atoms with Crippen LogP contribution in [0.1, 0.15) is 23.6 Å². The fraction of sp³-hybridized carbons (Fsp3) is 0.115. The minimum atomic E-state index is -0.810. The number of nitrogens with one attached hydrogen (secondary N) is 1. The van der Waals surface area contributed by atoms with Gasteiger partial charge in [0.15, 0.2) is 0 Å². The predicted octanol–water partition coefficient (Wildman–Crippen LogP) is 5.24. The summed E-state index contributed by atoms with van der Waals surface area (Å²) in [5, 5.41) is 2.21. The maximum Gasteiger partial charge on any atom is 0.335 e. The third-order valence-electron chi connectivity index (χ3n) is 5.23. The number of carbonyl (C=O) groups is 3. The van der Waals surface area contributed by atoms with Gasteiger partial charge in [-0.1, -0.05) is 52.3 Å². The van der Waals surface area contributed by atoms with Gasteiger partial charge < -0.3 is 4.74 Å². The highest BCUT2D eigenvalue weighted by Gasteiger charge is 2.36. The molecule has 0 atom stereocenters. The number of halogens is 2. The number of urea groups is 1. The van der Waals surface area contributed by atoms with Gasteiger partial charge in [0.05, 0.1) is 12.3 Å². The van der Waals surface area contributed by atoms with Crippen molar-refractivity contribution < 1.29 is 23.5 Å². The average Bonchev–Trinajstić information content (AvgIpc) is 2.81. The van der Waals surface area contributed by atoms with E-state index in [9.17, 15) is 18.8 Å². The largest absolute Gasteiger partial charge is 0.494 e. The van der Waals surface area contributed by atoms with E-state index in [0.29, 0.717) is 33.6 Å². The summed E-state index contributed by atoms with van der Waals surface area (Å²) in [7, 11) is 0. The van der Waals surface area contributed by atoms with E-state index in [0.717, 1.165) is 10.5 Å². The third-order valence-corrected chi connectivity index (χ3v) is 5.94.